The first-order valence-electron chi connectivity index (χ1n) is 12.4. The topological polar surface area (TPSA) is 59.8 Å². The average Bonchev–Trinajstić information content (AvgIpc) is 3.17. The van der Waals surface area contributed by atoms with Gasteiger partial charge in [-0.1, -0.05) is 71.9 Å². The minimum Gasteiger partial charge on any atom is -0.494 e. The molecule has 4 aromatic rings. The van der Waals surface area contributed by atoms with Crippen molar-refractivity contribution in [1.29, 1.82) is 0 Å². The molecule has 6 heteroatoms. The zero-order valence-electron chi connectivity index (χ0n) is 20.4. The highest BCUT2D eigenvalue weighted by atomic mass is 79.9. The summed E-state index contributed by atoms with van der Waals surface area (Å²) in [4.78, 5) is 29.1. The highest BCUT2D eigenvalue weighted by molar-refractivity contribution is 9.10. The highest BCUT2D eigenvalue weighted by Crippen LogP contribution is 2.42. The van der Waals surface area contributed by atoms with Crippen LogP contribution in [0, 0.1) is 6.92 Å². The summed E-state index contributed by atoms with van der Waals surface area (Å²) in [6.07, 6.45) is 4.57. The minimum absolute atomic E-state index is 0.0950. The molecule has 1 aromatic heterocycles. The van der Waals surface area contributed by atoms with Gasteiger partial charge < -0.3 is 9.15 Å². The molecule has 0 saturated carbocycles. The number of hydrogen-bond acceptors (Lipinski definition) is 4. The monoisotopic (exact) mass is 545 g/mol. The molecular weight excluding hydrogens is 518 g/mol. The first-order chi connectivity index (χ1) is 17.5. The van der Waals surface area contributed by atoms with Crippen LogP contribution in [0.25, 0.3) is 11.0 Å². The van der Waals surface area contributed by atoms with Crippen molar-refractivity contribution in [3.8, 4) is 5.75 Å². The van der Waals surface area contributed by atoms with Gasteiger partial charge in [0.25, 0.3) is 5.91 Å². The van der Waals surface area contributed by atoms with Gasteiger partial charge in [-0.2, -0.15) is 0 Å². The zero-order valence-corrected chi connectivity index (χ0v) is 22.0. The van der Waals surface area contributed by atoms with Gasteiger partial charge in [0.2, 0.25) is 5.76 Å². The lowest BCUT2D eigenvalue weighted by atomic mass is 9.98. The third kappa shape index (κ3) is 4.58. The van der Waals surface area contributed by atoms with E-state index in [0.29, 0.717) is 28.8 Å². The van der Waals surface area contributed by atoms with Gasteiger partial charge in [0.05, 0.1) is 23.6 Å². The Bertz CT molecular complexity index is 1480. The summed E-state index contributed by atoms with van der Waals surface area (Å²) in [5, 5.41) is 0.481. The van der Waals surface area contributed by atoms with Crippen molar-refractivity contribution in [2.45, 2.75) is 45.6 Å². The number of benzene rings is 3. The number of amides is 1. The molecule has 5 rings (SSSR count). The second-order valence-corrected chi connectivity index (χ2v) is 10.1. The van der Waals surface area contributed by atoms with Crippen LogP contribution in [-0.4, -0.2) is 12.5 Å². The highest BCUT2D eigenvalue weighted by Gasteiger charge is 2.43. The van der Waals surface area contributed by atoms with Gasteiger partial charge >= 0.3 is 0 Å². The summed E-state index contributed by atoms with van der Waals surface area (Å²) in [5.41, 5.74) is 3.06. The maximum atomic E-state index is 13.8. The molecule has 2 heterocycles. The van der Waals surface area contributed by atoms with Crippen LogP contribution < -0.4 is 15.1 Å². The number of carbonyl (C=O) groups is 1. The van der Waals surface area contributed by atoms with E-state index in [2.05, 4.69) is 22.9 Å². The Morgan fingerprint density at radius 2 is 1.78 bits per heavy atom. The fraction of sp³-hybridized carbons (Fsp3) is 0.267. The van der Waals surface area contributed by atoms with Crippen LogP contribution in [-0.2, 0) is 0 Å². The number of anilines is 1. The molecule has 36 heavy (non-hydrogen) atoms. The Hall–Kier alpha value is -3.38. The summed E-state index contributed by atoms with van der Waals surface area (Å²) in [6.45, 7) is 4.79. The summed E-state index contributed by atoms with van der Waals surface area (Å²) in [5.74, 6) is 0.538. The quantitative estimate of drug-likeness (QED) is 0.214. The number of rotatable bonds is 8. The summed E-state index contributed by atoms with van der Waals surface area (Å²) in [6, 6.07) is 20.0. The van der Waals surface area contributed by atoms with Crippen LogP contribution in [0.3, 0.4) is 0 Å². The van der Waals surface area contributed by atoms with Crippen molar-refractivity contribution >= 4 is 38.5 Å². The van der Waals surface area contributed by atoms with Crippen LogP contribution >= 0.6 is 15.9 Å². The number of carbonyl (C=O) groups excluding carboxylic acids is 1. The molecule has 1 atom stereocenters. The zero-order chi connectivity index (χ0) is 25.2. The molecule has 1 amide bonds. The molecule has 184 valence electrons. The molecule has 0 aliphatic carbocycles. The lowest BCUT2D eigenvalue weighted by Gasteiger charge is -2.25. The van der Waals surface area contributed by atoms with Gasteiger partial charge in [-0.25, -0.2) is 0 Å². The molecule has 0 bridgehead atoms. The van der Waals surface area contributed by atoms with E-state index >= 15 is 0 Å². The number of aryl methyl sites for hydroxylation is 1. The molecule has 1 aliphatic heterocycles. The van der Waals surface area contributed by atoms with Gasteiger partial charge in [0.15, 0.2) is 5.43 Å². The Labute approximate surface area is 218 Å². The van der Waals surface area contributed by atoms with Crippen LogP contribution in [0.4, 0.5) is 5.69 Å². The van der Waals surface area contributed by atoms with Gasteiger partial charge in [-0.15, -0.1) is 0 Å². The Morgan fingerprint density at radius 3 is 2.53 bits per heavy atom. The standard InChI is InChI=1S/C30H28BrNO4/c1-3-4-5-6-16-35-23-13-11-20(12-14-23)27-26-28(33)24-17-19(2)10-15-25(24)36-29(26)30(34)32(27)22-9-7-8-21(31)18-22/h7-15,17-18,27H,3-6,16H2,1-2H3. The molecule has 5 nitrogen and oxygen atoms in total. The smallest absolute Gasteiger partial charge is 0.295 e. The van der Waals surface area contributed by atoms with Crippen LogP contribution in [0.5, 0.6) is 5.75 Å². The van der Waals surface area contributed by atoms with E-state index in [0.717, 1.165) is 34.2 Å². The normalized spacial score (nSPS) is 14.9. The summed E-state index contributed by atoms with van der Waals surface area (Å²) >= 11 is 3.51. The average molecular weight is 546 g/mol. The van der Waals surface area contributed by atoms with E-state index in [-0.39, 0.29) is 17.1 Å². The van der Waals surface area contributed by atoms with Crippen molar-refractivity contribution in [1.82, 2.24) is 0 Å². The Morgan fingerprint density at radius 1 is 0.972 bits per heavy atom. The van der Waals surface area contributed by atoms with Gasteiger partial charge in [-0.3, -0.25) is 14.5 Å². The van der Waals surface area contributed by atoms with Gasteiger partial charge in [0, 0.05) is 10.2 Å². The minimum atomic E-state index is -0.610. The van der Waals surface area contributed by atoms with Crippen LogP contribution in [0.2, 0.25) is 0 Å². The van der Waals surface area contributed by atoms with E-state index in [4.69, 9.17) is 9.15 Å². The second-order valence-electron chi connectivity index (χ2n) is 9.21. The Kier molecular flexibility index (Phi) is 6.97. The number of nitrogens with zero attached hydrogens (tertiary/aromatic N) is 1. The first-order valence-corrected chi connectivity index (χ1v) is 13.2. The third-order valence-corrected chi connectivity index (χ3v) is 7.07. The van der Waals surface area contributed by atoms with Crippen molar-refractivity contribution in [3.05, 3.63) is 104 Å². The Balaban J connectivity index is 1.58. The maximum absolute atomic E-state index is 13.8. The van der Waals surface area contributed by atoms with E-state index in [1.165, 1.54) is 12.8 Å². The number of fused-ring (bicyclic) bond motifs is 2. The summed E-state index contributed by atoms with van der Waals surface area (Å²) < 4.78 is 12.8. The number of unbranched alkanes of at least 4 members (excludes halogenated alkanes) is 3. The van der Waals surface area contributed by atoms with Crippen molar-refractivity contribution in [2.24, 2.45) is 0 Å². The summed E-state index contributed by atoms with van der Waals surface area (Å²) in [7, 11) is 0. The van der Waals surface area contributed by atoms with E-state index < -0.39 is 6.04 Å². The number of halogens is 1. The first kappa shape index (κ1) is 24.3. The SMILES string of the molecule is CCCCCCOc1ccc(C2c3c(oc4ccc(C)cc4c3=O)C(=O)N2c2cccc(Br)c2)cc1. The van der Waals surface area contributed by atoms with E-state index in [1.54, 1.807) is 11.0 Å². The fourth-order valence-electron chi connectivity index (χ4n) is 4.76. The molecular formula is C30H28BrNO4. The predicted octanol–water partition coefficient (Wildman–Crippen LogP) is 7.57. The molecule has 0 spiro atoms. The number of hydrogen-bond donors (Lipinski definition) is 0. The van der Waals surface area contributed by atoms with Crippen molar-refractivity contribution in [2.75, 3.05) is 11.5 Å². The van der Waals surface area contributed by atoms with Crippen molar-refractivity contribution in [3.63, 3.8) is 0 Å². The third-order valence-electron chi connectivity index (χ3n) is 6.57. The number of ether oxygens (including phenoxy) is 1. The van der Waals surface area contributed by atoms with E-state index in [9.17, 15) is 9.59 Å². The maximum Gasteiger partial charge on any atom is 0.295 e. The lowest BCUT2D eigenvalue weighted by molar-refractivity contribution is 0.0971. The molecule has 3 aromatic carbocycles. The van der Waals surface area contributed by atoms with E-state index in [1.807, 2.05) is 67.6 Å². The van der Waals surface area contributed by atoms with Gasteiger partial charge in [-0.05, 0) is 61.4 Å². The molecule has 0 N–H and O–H groups in total. The molecule has 1 unspecified atom stereocenters. The largest absolute Gasteiger partial charge is 0.494 e. The van der Waals surface area contributed by atoms with Crippen LogP contribution in [0.1, 0.15) is 65.9 Å². The predicted molar refractivity (Wildman–Crippen MR) is 146 cm³/mol. The molecule has 0 saturated heterocycles. The van der Waals surface area contributed by atoms with Crippen LogP contribution in [0.15, 0.2) is 80.4 Å². The second kappa shape index (κ2) is 10.3. The molecule has 0 radical (unpaired) electrons. The van der Waals surface area contributed by atoms with Gasteiger partial charge in [0.1, 0.15) is 11.3 Å². The van der Waals surface area contributed by atoms with Crippen molar-refractivity contribution < 1.29 is 13.9 Å². The fourth-order valence-corrected chi connectivity index (χ4v) is 5.15. The molecule has 0 fully saturated rings. The lowest BCUT2D eigenvalue weighted by Crippen LogP contribution is -2.29. The molecule has 1 aliphatic rings.